The molecule has 1 N–H and O–H groups in total. The highest BCUT2D eigenvalue weighted by Crippen LogP contribution is 2.22. The van der Waals surface area contributed by atoms with Gasteiger partial charge in [0.1, 0.15) is 16.6 Å². The summed E-state index contributed by atoms with van der Waals surface area (Å²) < 4.78 is 4.10. The van der Waals surface area contributed by atoms with Crippen molar-refractivity contribution in [2.45, 2.75) is 20.3 Å². The Balaban J connectivity index is 2.79. The minimum absolute atomic E-state index is 0.688. The second-order valence-electron chi connectivity index (χ2n) is 2.51. The molecule has 0 radical (unpaired) electrons. The molecule has 0 aliphatic carbocycles. The number of aryl methyl sites for hydroxylation is 1. The van der Waals surface area contributed by atoms with Gasteiger partial charge in [0.05, 0.1) is 5.69 Å². The highest BCUT2D eigenvalue weighted by Gasteiger charge is 2.07. The summed E-state index contributed by atoms with van der Waals surface area (Å²) >= 11 is 1.36. The van der Waals surface area contributed by atoms with E-state index in [1.165, 1.54) is 11.5 Å². The molecule has 0 atom stereocenters. The van der Waals surface area contributed by atoms with E-state index in [9.17, 15) is 0 Å². The Morgan fingerprint density at radius 2 is 2.42 bits per heavy atom. The summed E-state index contributed by atoms with van der Waals surface area (Å²) in [5.41, 5.74) is 1.51. The van der Waals surface area contributed by atoms with E-state index in [-0.39, 0.29) is 0 Å². The number of nitriles is 1. The number of nitrogens with zero attached hydrogens (tertiary/aromatic N) is 2. The molecular formula is C8H11N3S. The second-order valence-corrected chi connectivity index (χ2v) is 3.28. The van der Waals surface area contributed by atoms with Gasteiger partial charge in [-0.1, -0.05) is 6.92 Å². The van der Waals surface area contributed by atoms with Crippen molar-refractivity contribution >= 4 is 16.5 Å². The maximum atomic E-state index is 8.76. The molecule has 0 aromatic carbocycles. The topological polar surface area (TPSA) is 48.7 Å². The molecule has 3 nitrogen and oxygen atoms in total. The molecule has 0 saturated heterocycles. The van der Waals surface area contributed by atoms with E-state index in [1.807, 2.05) is 6.92 Å². The first-order valence-corrected chi connectivity index (χ1v) is 4.67. The Bertz CT molecular complexity index is 298. The van der Waals surface area contributed by atoms with Crippen molar-refractivity contribution < 1.29 is 0 Å². The highest BCUT2D eigenvalue weighted by atomic mass is 32.1. The van der Waals surface area contributed by atoms with Gasteiger partial charge in [0.15, 0.2) is 0 Å². The van der Waals surface area contributed by atoms with Crippen LogP contribution in [0.5, 0.6) is 0 Å². The number of nitrogens with one attached hydrogen (secondary N) is 1. The zero-order chi connectivity index (χ0) is 8.97. The van der Waals surface area contributed by atoms with Gasteiger partial charge >= 0.3 is 0 Å². The monoisotopic (exact) mass is 181 g/mol. The molecule has 1 aromatic heterocycles. The zero-order valence-electron chi connectivity index (χ0n) is 7.22. The highest BCUT2D eigenvalue weighted by molar-refractivity contribution is 7.10. The van der Waals surface area contributed by atoms with Crippen LogP contribution in [0, 0.1) is 18.3 Å². The minimum atomic E-state index is 0.688. The molecule has 0 aliphatic heterocycles. The number of aromatic nitrogens is 1. The number of hydrogen-bond acceptors (Lipinski definition) is 4. The van der Waals surface area contributed by atoms with E-state index in [0.29, 0.717) is 5.56 Å². The summed E-state index contributed by atoms with van der Waals surface area (Å²) in [6.07, 6.45) is 1.06. The fourth-order valence-electron chi connectivity index (χ4n) is 0.861. The van der Waals surface area contributed by atoms with Gasteiger partial charge in [-0.2, -0.15) is 9.64 Å². The van der Waals surface area contributed by atoms with Crippen LogP contribution < -0.4 is 5.32 Å². The first kappa shape index (κ1) is 9.01. The molecule has 1 heterocycles. The summed E-state index contributed by atoms with van der Waals surface area (Å²) in [5.74, 6) is 0. The van der Waals surface area contributed by atoms with E-state index >= 15 is 0 Å². The average Bonchev–Trinajstić information content (AvgIpc) is 2.43. The maximum absolute atomic E-state index is 8.76. The number of anilines is 1. The summed E-state index contributed by atoms with van der Waals surface area (Å²) in [6.45, 7) is 4.84. The van der Waals surface area contributed by atoms with Crippen LogP contribution >= 0.6 is 11.5 Å². The normalized spacial score (nSPS) is 9.42. The third-order valence-electron chi connectivity index (χ3n) is 1.51. The lowest BCUT2D eigenvalue weighted by atomic mass is 10.3. The number of hydrogen-bond donors (Lipinski definition) is 1. The predicted molar refractivity (Wildman–Crippen MR) is 50.3 cm³/mol. The van der Waals surface area contributed by atoms with Gasteiger partial charge in [-0.3, -0.25) is 0 Å². The van der Waals surface area contributed by atoms with Gasteiger partial charge in [-0.25, -0.2) is 0 Å². The fraction of sp³-hybridized carbons (Fsp3) is 0.500. The molecule has 0 unspecified atom stereocenters. The van der Waals surface area contributed by atoms with Crippen molar-refractivity contribution in [2.75, 3.05) is 11.9 Å². The fourth-order valence-corrected chi connectivity index (χ4v) is 1.63. The minimum Gasteiger partial charge on any atom is -0.375 e. The van der Waals surface area contributed by atoms with Crippen molar-refractivity contribution in [3.05, 3.63) is 11.3 Å². The Morgan fingerprint density at radius 1 is 1.67 bits per heavy atom. The van der Waals surface area contributed by atoms with Crippen molar-refractivity contribution in [3.63, 3.8) is 0 Å². The molecule has 64 valence electrons. The van der Waals surface area contributed by atoms with E-state index < -0.39 is 0 Å². The largest absolute Gasteiger partial charge is 0.375 e. The van der Waals surface area contributed by atoms with Crippen LogP contribution in [0.2, 0.25) is 0 Å². The van der Waals surface area contributed by atoms with Crippen LogP contribution in [0.1, 0.15) is 24.6 Å². The Kier molecular flexibility index (Phi) is 3.06. The SMILES string of the molecule is CCCNc1snc(C)c1C#N. The first-order valence-electron chi connectivity index (χ1n) is 3.89. The Morgan fingerprint density at radius 3 is 3.00 bits per heavy atom. The third-order valence-corrected chi connectivity index (χ3v) is 2.41. The molecular weight excluding hydrogens is 170 g/mol. The molecule has 1 rings (SSSR count). The second kappa shape index (κ2) is 4.07. The third kappa shape index (κ3) is 1.74. The van der Waals surface area contributed by atoms with Crippen molar-refractivity contribution in [1.29, 1.82) is 5.26 Å². The smallest absolute Gasteiger partial charge is 0.127 e. The van der Waals surface area contributed by atoms with E-state index in [0.717, 1.165) is 23.7 Å². The van der Waals surface area contributed by atoms with E-state index in [2.05, 4.69) is 22.7 Å². The quantitative estimate of drug-likeness (QED) is 0.777. The standard InChI is InChI=1S/C8H11N3S/c1-3-4-10-8-7(5-9)6(2)11-12-8/h10H,3-4H2,1-2H3. The molecule has 0 saturated carbocycles. The maximum Gasteiger partial charge on any atom is 0.127 e. The molecule has 0 bridgehead atoms. The lowest BCUT2D eigenvalue weighted by Crippen LogP contribution is -1.98. The van der Waals surface area contributed by atoms with Crippen LogP contribution in [0.25, 0.3) is 0 Å². The van der Waals surface area contributed by atoms with Crippen LogP contribution in [0.3, 0.4) is 0 Å². The number of rotatable bonds is 3. The van der Waals surface area contributed by atoms with Crippen molar-refractivity contribution in [3.8, 4) is 6.07 Å². The molecule has 12 heavy (non-hydrogen) atoms. The van der Waals surface area contributed by atoms with Gasteiger partial charge in [-0.05, 0) is 24.9 Å². The first-order chi connectivity index (χ1) is 5.79. The summed E-state index contributed by atoms with van der Waals surface area (Å²) in [5, 5.41) is 12.8. The van der Waals surface area contributed by atoms with E-state index in [1.54, 1.807) is 0 Å². The van der Waals surface area contributed by atoms with Crippen LogP contribution in [-0.2, 0) is 0 Å². The zero-order valence-corrected chi connectivity index (χ0v) is 8.03. The summed E-state index contributed by atoms with van der Waals surface area (Å²) in [6, 6.07) is 2.14. The van der Waals surface area contributed by atoms with Crippen molar-refractivity contribution in [1.82, 2.24) is 4.37 Å². The molecule has 0 spiro atoms. The lowest BCUT2D eigenvalue weighted by Gasteiger charge is -1.98. The van der Waals surface area contributed by atoms with Gasteiger partial charge < -0.3 is 5.32 Å². The Hall–Kier alpha value is -1.08. The summed E-state index contributed by atoms with van der Waals surface area (Å²) in [4.78, 5) is 0. The van der Waals surface area contributed by atoms with Crippen molar-refractivity contribution in [2.24, 2.45) is 0 Å². The molecule has 0 fully saturated rings. The predicted octanol–water partition coefficient (Wildman–Crippen LogP) is 2.15. The van der Waals surface area contributed by atoms with Crippen LogP contribution in [-0.4, -0.2) is 10.9 Å². The summed E-state index contributed by atoms with van der Waals surface area (Å²) in [7, 11) is 0. The van der Waals surface area contributed by atoms with Gasteiger partial charge in [0.25, 0.3) is 0 Å². The van der Waals surface area contributed by atoms with Gasteiger partial charge in [0.2, 0.25) is 0 Å². The average molecular weight is 181 g/mol. The molecule has 0 aliphatic rings. The molecule has 0 amide bonds. The van der Waals surface area contributed by atoms with Crippen LogP contribution in [0.4, 0.5) is 5.00 Å². The van der Waals surface area contributed by atoms with Gasteiger partial charge in [0, 0.05) is 6.54 Å². The van der Waals surface area contributed by atoms with E-state index in [4.69, 9.17) is 5.26 Å². The Labute approximate surface area is 76.2 Å². The van der Waals surface area contributed by atoms with Crippen LogP contribution in [0.15, 0.2) is 0 Å². The molecule has 1 aromatic rings. The lowest BCUT2D eigenvalue weighted by molar-refractivity contribution is 0.983. The molecule has 4 heteroatoms. The van der Waals surface area contributed by atoms with Gasteiger partial charge in [-0.15, -0.1) is 0 Å².